The van der Waals surface area contributed by atoms with Crippen LogP contribution in [0.2, 0.25) is 0 Å². The summed E-state index contributed by atoms with van der Waals surface area (Å²) in [6.07, 6.45) is -2.01. The van der Waals surface area contributed by atoms with E-state index in [4.69, 9.17) is 9.47 Å². The Balaban J connectivity index is 1.62. The Morgan fingerprint density at radius 1 is 0.844 bits per heavy atom. The smallest absolute Gasteiger partial charge is 0.343 e. The first kappa shape index (κ1) is 20.9. The normalized spacial score (nSPS) is 17.3. The summed E-state index contributed by atoms with van der Waals surface area (Å²) in [4.78, 5) is 12.4. The lowest BCUT2D eigenvalue weighted by molar-refractivity contribution is 0.0196. The molecule has 3 aromatic carbocycles. The molecule has 2 atom stereocenters. The predicted octanol–water partition coefficient (Wildman–Crippen LogP) is 2.18. The largest absolute Gasteiger partial charge is 0.507 e. The van der Waals surface area contributed by atoms with Gasteiger partial charge in [0.05, 0.1) is 11.7 Å². The van der Waals surface area contributed by atoms with Gasteiger partial charge in [-0.25, -0.2) is 4.79 Å². The first-order valence-corrected chi connectivity index (χ1v) is 9.33. The summed E-state index contributed by atoms with van der Waals surface area (Å²) < 4.78 is 11.0. The van der Waals surface area contributed by atoms with Crippen LogP contribution in [0.3, 0.4) is 0 Å². The van der Waals surface area contributed by atoms with Crippen molar-refractivity contribution in [3.8, 4) is 46.0 Å². The van der Waals surface area contributed by atoms with Crippen molar-refractivity contribution in [1.82, 2.24) is 0 Å². The maximum absolute atomic E-state index is 12.4. The molecule has 0 saturated carbocycles. The number of aliphatic hydroxyl groups is 1. The SMILES string of the molecule is O=C(Oc1cc(O)c2c(c1)O[C@H](c1ccc(O)c(O)c1)[C@@H](O)C2)c1cc(O)c(O)c(O)c1. The summed E-state index contributed by atoms with van der Waals surface area (Å²) in [5.41, 5.74) is 0.385. The quantitative estimate of drug-likeness (QED) is 0.181. The van der Waals surface area contributed by atoms with Crippen molar-refractivity contribution < 1.29 is 50.0 Å². The van der Waals surface area contributed by atoms with Gasteiger partial charge in [-0.2, -0.15) is 0 Å². The lowest BCUT2D eigenvalue weighted by Gasteiger charge is -2.31. The molecule has 1 heterocycles. The number of benzene rings is 3. The van der Waals surface area contributed by atoms with Crippen LogP contribution in [0.1, 0.15) is 27.6 Å². The van der Waals surface area contributed by atoms with Crippen LogP contribution in [0.4, 0.5) is 0 Å². The molecule has 10 nitrogen and oxygen atoms in total. The molecule has 166 valence electrons. The fraction of sp³-hybridized carbons (Fsp3) is 0.136. The lowest BCUT2D eigenvalue weighted by atomic mass is 9.94. The Morgan fingerprint density at radius 2 is 1.53 bits per heavy atom. The molecule has 4 rings (SSSR count). The van der Waals surface area contributed by atoms with Crippen LogP contribution in [0.5, 0.6) is 46.0 Å². The Bertz CT molecular complexity index is 1200. The zero-order chi connectivity index (χ0) is 23.2. The summed E-state index contributed by atoms with van der Waals surface area (Å²) >= 11 is 0. The number of ether oxygens (including phenoxy) is 2. The third kappa shape index (κ3) is 3.74. The molecule has 0 radical (unpaired) electrons. The Hall–Kier alpha value is -4.31. The van der Waals surface area contributed by atoms with Gasteiger partial charge in [0.25, 0.3) is 0 Å². The minimum atomic E-state index is -1.08. The van der Waals surface area contributed by atoms with Crippen molar-refractivity contribution in [3.63, 3.8) is 0 Å². The van der Waals surface area contributed by atoms with Gasteiger partial charge in [0.15, 0.2) is 28.7 Å². The van der Waals surface area contributed by atoms with Crippen LogP contribution in [0.25, 0.3) is 0 Å². The molecule has 0 aliphatic carbocycles. The summed E-state index contributed by atoms with van der Waals surface area (Å²) in [7, 11) is 0. The molecule has 7 N–H and O–H groups in total. The number of aromatic hydroxyl groups is 6. The monoisotopic (exact) mass is 442 g/mol. The highest BCUT2D eigenvalue weighted by atomic mass is 16.5. The number of carbonyl (C=O) groups excluding carboxylic acids is 1. The average Bonchev–Trinajstić information content (AvgIpc) is 2.74. The second-order valence-corrected chi connectivity index (χ2v) is 7.23. The van der Waals surface area contributed by atoms with Crippen molar-refractivity contribution >= 4 is 5.97 Å². The number of carbonyl (C=O) groups is 1. The van der Waals surface area contributed by atoms with E-state index in [1.165, 1.54) is 24.3 Å². The molecule has 0 spiro atoms. The third-order valence-corrected chi connectivity index (χ3v) is 5.02. The van der Waals surface area contributed by atoms with E-state index in [0.29, 0.717) is 5.56 Å². The molecular weight excluding hydrogens is 424 g/mol. The van der Waals surface area contributed by atoms with Crippen molar-refractivity contribution in [1.29, 1.82) is 0 Å². The molecule has 0 fully saturated rings. The maximum Gasteiger partial charge on any atom is 0.343 e. The number of esters is 1. The van der Waals surface area contributed by atoms with Crippen LogP contribution in [0.15, 0.2) is 42.5 Å². The van der Waals surface area contributed by atoms with Crippen LogP contribution in [0, 0.1) is 0 Å². The number of fused-ring (bicyclic) bond motifs is 1. The van der Waals surface area contributed by atoms with E-state index in [1.807, 2.05) is 0 Å². The fourth-order valence-electron chi connectivity index (χ4n) is 3.40. The molecule has 1 aliphatic heterocycles. The highest BCUT2D eigenvalue weighted by Crippen LogP contribution is 2.43. The first-order valence-electron chi connectivity index (χ1n) is 9.33. The van der Waals surface area contributed by atoms with Crippen LogP contribution < -0.4 is 9.47 Å². The molecule has 0 bridgehead atoms. The minimum absolute atomic E-state index is 0.00139. The Labute approximate surface area is 180 Å². The summed E-state index contributed by atoms with van der Waals surface area (Å²) in [6.45, 7) is 0. The Kier molecular flexibility index (Phi) is 5.07. The predicted molar refractivity (Wildman–Crippen MR) is 107 cm³/mol. The second-order valence-electron chi connectivity index (χ2n) is 7.23. The number of aliphatic hydroxyl groups excluding tert-OH is 1. The number of phenols is 6. The van der Waals surface area contributed by atoms with Gasteiger partial charge in [-0.1, -0.05) is 6.07 Å². The summed E-state index contributed by atoms with van der Waals surface area (Å²) in [5.74, 6) is -4.25. The number of phenolic OH excluding ortho intramolecular Hbond substituents is 6. The van der Waals surface area contributed by atoms with Gasteiger partial charge in [0, 0.05) is 24.1 Å². The molecule has 1 aliphatic rings. The maximum atomic E-state index is 12.4. The summed E-state index contributed by atoms with van der Waals surface area (Å²) in [6, 6.07) is 8.19. The number of hydrogen-bond acceptors (Lipinski definition) is 10. The van der Waals surface area contributed by atoms with E-state index in [-0.39, 0.29) is 40.5 Å². The number of hydrogen-bond donors (Lipinski definition) is 7. The van der Waals surface area contributed by atoms with Crippen LogP contribution >= 0.6 is 0 Å². The van der Waals surface area contributed by atoms with Crippen molar-refractivity contribution in [2.24, 2.45) is 0 Å². The molecular formula is C22H18O10. The Morgan fingerprint density at radius 3 is 2.19 bits per heavy atom. The van der Waals surface area contributed by atoms with E-state index >= 15 is 0 Å². The molecule has 3 aromatic rings. The van der Waals surface area contributed by atoms with Crippen LogP contribution in [-0.2, 0) is 6.42 Å². The topological polar surface area (TPSA) is 177 Å². The zero-order valence-corrected chi connectivity index (χ0v) is 16.3. The molecule has 0 aromatic heterocycles. The molecule has 0 amide bonds. The molecule has 0 saturated heterocycles. The highest BCUT2D eigenvalue weighted by molar-refractivity contribution is 5.92. The summed E-state index contributed by atoms with van der Waals surface area (Å²) in [5, 5.41) is 68.5. The van der Waals surface area contributed by atoms with Gasteiger partial charge in [-0.15, -0.1) is 0 Å². The van der Waals surface area contributed by atoms with E-state index in [0.717, 1.165) is 18.2 Å². The standard InChI is InChI=1S/C22H18O10/c23-13-2-1-9(3-15(13)25)21-18(28)8-12-14(24)6-11(7-19(12)32-21)31-22(30)10-4-16(26)20(29)17(27)5-10/h1-7,18,21,23-29H,8H2/t18-,21+/m0/s1. The van der Waals surface area contributed by atoms with E-state index < -0.39 is 41.2 Å². The van der Waals surface area contributed by atoms with Gasteiger partial charge in [-0.05, 0) is 29.8 Å². The highest BCUT2D eigenvalue weighted by Gasteiger charge is 2.33. The molecule has 0 unspecified atom stereocenters. The van der Waals surface area contributed by atoms with Crippen molar-refractivity contribution in [2.75, 3.05) is 0 Å². The van der Waals surface area contributed by atoms with Gasteiger partial charge in [0.2, 0.25) is 0 Å². The first-order chi connectivity index (χ1) is 15.1. The van der Waals surface area contributed by atoms with Gasteiger partial charge in [-0.3, -0.25) is 0 Å². The minimum Gasteiger partial charge on any atom is -0.507 e. The zero-order valence-electron chi connectivity index (χ0n) is 16.3. The van der Waals surface area contributed by atoms with E-state index in [9.17, 15) is 40.5 Å². The van der Waals surface area contributed by atoms with Gasteiger partial charge in [0.1, 0.15) is 23.4 Å². The van der Waals surface area contributed by atoms with Crippen LogP contribution in [-0.4, -0.2) is 47.8 Å². The molecule has 10 heteroatoms. The fourth-order valence-corrected chi connectivity index (χ4v) is 3.40. The number of rotatable bonds is 3. The van der Waals surface area contributed by atoms with Gasteiger partial charge >= 0.3 is 5.97 Å². The average molecular weight is 442 g/mol. The van der Waals surface area contributed by atoms with Crippen molar-refractivity contribution in [2.45, 2.75) is 18.6 Å². The second kappa shape index (κ2) is 7.75. The third-order valence-electron chi connectivity index (χ3n) is 5.02. The van der Waals surface area contributed by atoms with Crippen molar-refractivity contribution in [3.05, 3.63) is 59.2 Å². The molecule has 32 heavy (non-hydrogen) atoms. The van der Waals surface area contributed by atoms with E-state index in [2.05, 4.69) is 0 Å². The van der Waals surface area contributed by atoms with Gasteiger partial charge < -0.3 is 45.2 Å². The van der Waals surface area contributed by atoms with E-state index in [1.54, 1.807) is 0 Å². The lowest BCUT2D eigenvalue weighted by Crippen LogP contribution is -2.30.